The highest BCUT2D eigenvalue weighted by atomic mass is 16.2. The maximum Gasteiger partial charge on any atom is 0.222 e. The van der Waals surface area contributed by atoms with Crippen molar-refractivity contribution in [3.8, 4) is 0 Å². The summed E-state index contributed by atoms with van der Waals surface area (Å²) in [6.45, 7) is 1.90. The lowest BCUT2D eigenvalue weighted by molar-refractivity contribution is -0.132. The van der Waals surface area contributed by atoms with Crippen LogP contribution in [-0.2, 0) is 11.2 Å². The molecule has 1 aromatic heterocycles. The maximum absolute atomic E-state index is 12.2. The highest BCUT2D eigenvalue weighted by molar-refractivity contribution is 5.84. The lowest BCUT2D eigenvalue weighted by Crippen LogP contribution is -2.35. The van der Waals surface area contributed by atoms with Crippen molar-refractivity contribution in [2.24, 2.45) is 0 Å². The first-order valence-electron chi connectivity index (χ1n) is 7.17. The quantitative estimate of drug-likeness (QED) is 0.900. The lowest BCUT2D eigenvalue weighted by Gasteiger charge is -2.26. The predicted molar refractivity (Wildman–Crippen MR) is 77.1 cm³/mol. The van der Waals surface area contributed by atoms with E-state index in [9.17, 15) is 4.79 Å². The second-order valence-corrected chi connectivity index (χ2v) is 5.30. The number of fused-ring (bicyclic) bond motifs is 1. The number of H-pyrrole nitrogens is 1. The van der Waals surface area contributed by atoms with Gasteiger partial charge < -0.3 is 9.88 Å². The number of nitrogens with one attached hydrogen (secondary N) is 1. The molecule has 0 aliphatic carbocycles. The molecule has 3 heteroatoms. The number of rotatable bonds is 3. The van der Waals surface area contributed by atoms with Crippen molar-refractivity contribution >= 4 is 16.8 Å². The van der Waals surface area contributed by atoms with Crippen LogP contribution < -0.4 is 0 Å². The molecule has 0 atom stereocenters. The topological polar surface area (TPSA) is 36.1 Å². The van der Waals surface area contributed by atoms with Gasteiger partial charge in [-0.05, 0) is 43.4 Å². The SMILES string of the molecule is O=C(CCc1cccc2[nH]ccc12)N1CCCCC1. The normalized spacial score (nSPS) is 15.9. The molecule has 0 spiro atoms. The number of aromatic amines is 1. The number of benzene rings is 1. The summed E-state index contributed by atoms with van der Waals surface area (Å²) in [6, 6.07) is 8.35. The molecule has 100 valence electrons. The number of carbonyl (C=O) groups excluding carboxylic acids is 1. The Morgan fingerprint density at radius 2 is 2.00 bits per heavy atom. The number of nitrogens with zero attached hydrogens (tertiary/aromatic N) is 1. The van der Waals surface area contributed by atoms with Crippen LogP contribution in [-0.4, -0.2) is 28.9 Å². The molecule has 3 nitrogen and oxygen atoms in total. The Labute approximate surface area is 113 Å². The molecular formula is C16H20N2O. The van der Waals surface area contributed by atoms with Gasteiger partial charge in [0.05, 0.1) is 0 Å². The van der Waals surface area contributed by atoms with Gasteiger partial charge in [-0.2, -0.15) is 0 Å². The van der Waals surface area contributed by atoms with E-state index in [1.807, 2.05) is 11.1 Å². The average Bonchev–Trinajstić information content (AvgIpc) is 2.94. The van der Waals surface area contributed by atoms with Crippen LogP contribution in [0, 0.1) is 0 Å². The van der Waals surface area contributed by atoms with Gasteiger partial charge >= 0.3 is 0 Å². The molecule has 1 amide bonds. The minimum absolute atomic E-state index is 0.312. The zero-order valence-electron chi connectivity index (χ0n) is 11.2. The average molecular weight is 256 g/mol. The Morgan fingerprint density at radius 1 is 1.16 bits per heavy atom. The number of likely N-dealkylation sites (tertiary alicyclic amines) is 1. The van der Waals surface area contributed by atoms with Gasteiger partial charge in [0, 0.05) is 36.6 Å². The van der Waals surface area contributed by atoms with Crippen molar-refractivity contribution in [1.29, 1.82) is 0 Å². The number of piperidine rings is 1. The number of amides is 1. The number of hydrogen-bond acceptors (Lipinski definition) is 1. The third-order valence-corrected chi connectivity index (χ3v) is 4.00. The van der Waals surface area contributed by atoms with Crippen molar-refractivity contribution in [3.63, 3.8) is 0 Å². The molecule has 0 saturated carbocycles. The molecule has 1 aromatic carbocycles. The summed E-state index contributed by atoms with van der Waals surface area (Å²) in [7, 11) is 0. The van der Waals surface area contributed by atoms with Crippen LogP contribution in [0.4, 0.5) is 0 Å². The molecule has 1 aliphatic rings. The fourth-order valence-corrected chi connectivity index (χ4v) is 2.91. The largest absolute Gasteiger partial charge is 0.361 e. The van der Waals surface area contributed by atoms with Gasteiger partial charge in [-0.25, -0.2) is 0 Å². The van der Waals surface area contributed by atoms with E-state index in [1.165, 1.54) is 30.2 Å². The first-order valence-corrected chi connectivity index (χ1v) is 7.17. The zero-order valence-corrected chi connectivity index (χ0v) is 11.2. The lowest BCUT2D eigenvalue weighted by atomic mass is 10.0. The zero-order chi connectivity index (χ0) is 13.1. The van der Waals surface area contributed by atoms with Gasteiger partial charge in [-0.3, -0.25) is 4.79 Å². The Kier molecular flexibility index (Phi) is 3.53. The molecule has 1 aliphatic heterocycles. The molecule has 0 bridgehead atoms. The third kappa shape index (κ3) is 2.65. The highest BCUT2D eigenvalue weighted by Gasteiger charge is 2.16. The van der Waals surface area contributed by atoms with Crippen LogP contribution in [0.5, 0.6) is 0 Å². The molecule has 1 fully saturated rings. The van der Waals surface area contributed by atoms with Gasteiger partial charge in [0.15, 0.2) is 0 Å². The second kappa shape index (κ2) is 5.47. The molecule has 2 aromatic rings. The number of aromatic nitrogens is 1. The van der Waals surface area contributed by atoms with Gasteiger partial charge in [-0.15, -0.1) is 0 Å². The molecular weight excluding hydrogens is 236 g/mol. The summed E-state index contributed by atoms with van der Waals surface area (Å²) >= 11 is 0. The highest BCUT2D eigenvalue weighted by Crippen LogP contribution is 2.19. The molecule has 19 heavy (non-hydrogen) atoms. The molecule has 3 rings (SSSR count). The fourth-order valence-electron chi connectivity index (χ4n) is 2.91. The molecule has 1 N–H and O–H groups in total. The van der Waals surface area contributed by atoms with E-state index in [4.69, 9.17) is 0 Å². The number of carbonyl (C=O) groups is 1. The smallest absolute Gasteiger partial charge is 0.222 e. The first-order chi connectivity index (χ1) is 9.34. The van der Waals surface area contributed by atoms with Crippen LogP contribution in [0.3, 0.4) is 0 Å². The van der Waals surface area contributed by atoms with E-state index < -0.39 is 0 Å². The van der Waals surface area contributed by atoms with Gasteiger partial charge in [0.2, 0.25) is 5.91 Å². The molecule has 2 heterocycles. The Bertz CT molecular complexity index is 567. The van der Waals surface area contributed by atoms with Gasteiger partial charge in [-0.1, -0.05) is 12.1 Å². The Hall–Kier alpha value is -1.77. The summed E-state index contributed by atoms with van der Waals surface area (Å²) in [5, 5.41) is 1.24. The summed E-state index contributed by atoms with van der Waals surface area (Å²) in [5.74, 6) is 0.312. The van der Waals surface area contributed by atoms with E-state index >= 15 is 0 Å². The van der Waals surface area contributed by atoms with Crippen LogP contribution in [0.25, 0.3) is 10.9 Å². The van der Waals surface area contributed by atoms with E-state index in [-0.39, 0.29) is 0 Å². The van der Waals surface area contributed by atoms with Gasteiger partial charge in [0.25, 0.3) is 0 Å². The standard InChI is InChI=1S/C16H20N2O/c19-16(18-11-2-1-3-12-18)8-7-13-5-4-6-15-14(13)9-10-17-15/h4-6,9-10,17H,1-3,7-8,11-12H2. The van der Waals surface area contributed by atoms with Crippen LogP contribution >= 0.6 is 0 Å². The molecule has 0 unspecified atom stereocenters. The van der Waals surface area contributed by atoms with Crippen molar-refractivity contribution < 1.29 is 4.79 Å². The minimum Gasteiger partial charge on any atom is -0.361 e. The van der Waals surface area contributed by atoms with Crippen molar-refractivity contribution in [2.75, 3.05) is 13.1 Å². The molecule has 0 radical (unpaired) electrons. The van der Waals surface area contributed by atoms with Gasteiger partial charge in [0.1, 0.15) is 0 Å². The monoisotopic (exact) mass is 256 g/mol. The van der Waals surface area contributed by atoms with E-state index in [2.05, 4.69) is 29.2 Å². The van der Waals surface area contributed by atoms with E-state index in [0.29, 0.717) is 12.3 Å². The van der Waals surface area contributed by atoms with Crippen LogP contribution in [0.2, 0.25) is 0 Å². The third-order valence-electron chi connectivity index (χ3n) is 4.00. The Morgan fingerprint density at radius 3 is 2.84 bits per heavy atom. The maximum atomic E-state index is 12.2. The second-order valence-electron chi connectivity index (χ2n) is 5.30. The fraction of sp³-hybridized carbons (Fsp3) is 0.438. The van der Waals surface area contributed by atoms with Crippen molar-refractivity contribution in [3.05, 3.63) is 36.0 Å². The number of aryl methyl sites for hydroxylation is 1. The van der Waals surface area contributed by atoms with E-state index in [0.717, 1.165) is 25.0 Å². The summed E-state index contributed by atoms with van der Waals surface area (Å²) in [6.07, 6.45) is 7.03. The summed E-state index contributed by atoms with van der Waals surface area (Å²) in [4.78, 5) is 17.4. The molecule has 1 saturated heterocycles. The number of hydrogen-bond donors (Lipinski definition) is 1. The van der Waals surface area contributed by atoms with Crippen molar-refractivity contribution in [2.45, 2.75) is 32.1 Å². The van der Waals surface area contributed by atoms with Crippen LogP contribution in [0.15, 0.2) is 30.5 Å². The van der Waals surface area contributed by atoms with Crippen LogP contribution in [0.1, 0.15) is 31.2 Å². The summed E-state index contributed by atoms with van der Waals surface area (Å²) < 4.78 is 0. The summed E-state index contributed by atoms with van der Waals surface area (Å²) in [5.41, 5.74) is 2.42. The minimum atomic E-state index is 0.312. The Balaban J connectivity index is 1.65. The van der Waals surface area contributed by atoms with Crippen molar-refractivity contribution in [1.82, 2.24) is 9.88 Å². The van der Waals surface area contributed by atoms with E-state index in [1.54, 1.807) is 0 Å². The first kappa shape index (κ1) is 12.3. The predicted octanol–water partition coefficient (Wildman–Crippen LogP) is 3.11.